The second-order valence-electron chi connectivity index (χ2n) is 4.35. The van der Waals surface area contributed by atoms with E-state index in [1.807, 2.05) is 0 Å². The van der Waals surface area contributed by atoms with E-state index in [4.69, 9.17) is 0 Å². The molecule has 0 heterocycles. The molecule has 1 aliphatic carbocycles. The van der Waals surface area contributed by atoms with Gasteiger partial charge in [-0.2, -0.15) is 0 Å². The molecular weight excluding hydrogens is 265 g/mol. The van der Waals surface area contributed by atoms with E-state index in [1.165, 1.54) is 12.5 Å². The summed E-state index contributed by atoms with van der Waals surface area (Å²) in [5.74, 6) is 0. The fourth-order valence-corrected chi connectivity index (χ4v) is 3.91. The van der Waals surface area contributed by atoms with Crippen LogP contribution in [0.4, 0.5) is 0 Å². The van der Waals surface area contributed by atoms with E-state index in [9.17, 15) is 0 Å². The summed E-state index contributed by atoms with van der Waals surface area (Å²) >= 11 is 1.62. The van der Waals surface area contributed by atoms with Gasteiger partial charge in [0.15, 0.2) is 0 Å². The zero-order valence-corrected chi connectivity index (χ0v) is 11.8. The first-order chi connectivity index (χ1) is 4.99. The number of allylic oxidation sites excluding steroid dienone is 4. The first-order valence-electron chi connectivity index (χ1n) is 4.09. The minimum atomic E-state index is -0.859. The Balaban J connectivity index is 0. The van der Waals surface area contributed by atoms with Crippen LogP contribution in [0.25, 0.3) is 0 Å². The SMILES string of the molecule is C[Si](C)(C)CC1=[C]([Zr+2])CC=C1.[F-].[F-]. The van der Waals surface area contributed by atoms with Crippen LogP contribution in [0.5, 0.6) is 0 Å². The van der Waals surface area contributed by atoms with Gasteiger partial charge in [0, 0.05) is 0 Å². The molecule has 0 aliphatic heterocycles. The Bertz CT molecular complexity index is 216. The normalized spacial score (nSPS) is 15.5. The summed E-state index contributed by atoms with van der Waals surface area (Å²) in [6, 6.07) is 1.38. The summed E-state index contributed by atoms with van der Waals surface area (Å²) in [7, 11) is -0.859. The predicted octanol–water partition coefficient (Wildman–Crippen LogP) is -2.91. The Kier molecular flexibility index (Phi) is 7.36. The molecule has 1 rings (SSSR count). The third kappa shape index (κ3) is 5.69. The molecule has 0 nitrogen and oxygen atoms in total. The summed E-state index contributed by atoms with van der Waals surface area (Å²) in [6.45, 7) is 7.32. The smallest absolute Gasteiger partial charge is 1.00 e. The van der Waals surface area contributed by atoms with Gasteiger partial charge in [0.05, 0.1) is 0 Å². The van der Waals surface area contributed by atoms with Gasteiger partial charge in [-0.25, -0.2) is 0 Å². The van der Waals surface area contributed by atoms with Crippen LogP contribution in [0, 0.1) is 0 Å². The van der Waals surface area contributed by atoms with E-state index in [1.54, 1.807) is 33.6 Å². The van der Waals surface area contributed by atoms with E-state index in [0.29, 0.717) is 0 Å². The maximum absolute atomic E-state index is 2.44. The third-order valence-corrected chi connectivity index (χ3v) is 4.48. The Morgan fingerprint density at radius 3 is 2.15 bits per heavy atom. The van der Waals surface area contributed by atoms with E-state index >= 15 is 0 Å². The Hall–Kier alpha value is 0.440. The molecule has 0 unspecified atom stereocenters. The molecule has 0 spiro atoms. The fourth-order valence-electron chi connectivity index (χ4n) is 1.29. The van der Waals surface area contributed by atoms with Gasteiger partial charge in [-0.15, -0.1) is 0 Å². The summed E-state index contributed by atoms with van der Waals surface area (Å²) < 4.78 is 1.68. The molecule has 0 N–H and O–H groups in total. The van der Waals surface area contributed by atoms with Crippen LogP contribution in [0.2, 0.25) is 25.7 Å². The van der Waals surface area contributed by atoms with Crippen LogP contribution < -0.4 is 9.41 Å². The van der Waals surface area contributed by atoms with Crippen molar-refractivity contribution in [3.05, 3.63) is 21.0 Å². The number of rotatable bonds is 2. The van der Waals surface area contributed by atoms with Gasteiger partial charge < -0.3 is 9.41 Å². The third-order valence-electron chi connectivity index (χ3n) is 1.75. The zero-order valence-electron chi connectivity index (χ0n) is 8.32. The van der Waals surface area contributed by atoms with Crippen molar-refractivity contribution in [2.45, 2.75) is 32.1 Å². The fraction of sp³-hybridized carbons (Fsp3) is 0.556. The Morgan fingerprint density at radius 2 is 1.85 bits per heavy atom. The summed E-state index contributed by atoms with van der Waals surface area (Å²) in [5, 5.41) is 0. The van der Waals surface area contributed by atoms with Gasteiger partial charge in [0.25, 0.3) is 0 Å². The molecule has 0 saturated carbocycles. The van der Waals surface area contributed by atoms with E-state index < -0.39 is 8.07 Å². The number of halogens is 2. The predicted molar refractivity (Wildman–Crippen MR) is 48.9 cm³/mol. The minimum Gasteiger partial charge on any atom is -1.00 e. The summed E-state index contributed by atoms with van der Waals surface area (Å²) in [6.07, 6.45) is 5.87. The number of hydrogen-bond acceptors (Lipinski definition) is 0. The van der Waals surface area contributed by atoms with Crippen LogP contribution in [0.15, 0.2) is 21.0 Å². The molecule has 0 fully saturated rings. The van der Waals surface area contributed by atoms with Crippen molar-refractivity contribution in [3.63, 3.8) is 0 Å². The molecule has 0 aromatic heterocycles. The van der Waals surface area contributed by atoms with Gasteiger partial charge in [0.1, 0.15) is 0 Å². The van der Waals surface area contributed by atoms with Gasteiger partial charge >= 0.3 is 85.9 Å². The molecule has 4 heteroatoms. The maximum Gasteiger partial charge on any atom is -1.00 e. The molecular formula is C9H15F2SiZr. The Morgan fingerprint density at radius 1 is 1.31 bits per heavy atom. The first-order valence-corrected chi connectivity index (χ1v) is 9.03. The van der Waals surface area contributed by atoms with Crippen LogP contribution in [-0.4, -0.2) is 8.07 Å². The maximum atomic E-state index is 2.44. The standard InChI is InChI=1S/C9H15Si.2FH.Zr/c1-10(2,3)8-9-6-4-5-7-9;;;/h4,6H,5,8H2,1-3H3;2*1H;/q;;;+2/p-2. The van der Waals surface area contributed by atoms with Crippen molar-refractivity contribution >= 4 is 8.07 Å². The van der Waals surface area contributed by atoms with Crippen LogP contribution in [0.1, 0.15) is 6.42 Å². The topological polar surface area (TPSA) is 0 Å². The Labute approximate surface area is 95.1 Å². The van der Waals surface area contributed by atoms with Gasteiger partial charge in [-0.3, -0.25) is 0 Å². The van der Waals surface area contributed by atoms with Crippen LogP contribution in [-0.2, 0) is 24.7 Å². The van der Waals surface area contributed by atoms with Crippen LogP contribution in [0.3, 0.4) is 0 Å². The average Bonchev–Trinajstić information content (AvgIpc) is 2.12. The first kappa shape index (κ1) is 15.9. The van der Waals surface area contributed by atoms with Crippen molar-refractivity contribution in [2.75, 3.05) is 0 Å². The van der Waals surface area contributed by atoms with Crippen molar-refractivity contribution < 1.29 is 34.1 Å². The summed E-state index contributed by atoms with van der Waals surface area (Å²) in [4.78, 5) is 0. The second kappa shape index (κ2) is 6.02. The molecule has 0 amide bonds. The number of hydrogen-bond donors (Lipinski definition) is 0. The van der Waals surface area contributed by atoms with Crippen molar-refractivity contribution in [3.8, 4) is 0 Å². The average molecular weight is 281 g/mol. The van der Waals surface area contributed by atoms with Crippen molar-refractivity contribution in [1.29, 1.82) is 0 Å². The molecule has 73 valence electrons. The molecule has 0 atom stereocenters. The van der Waals surface area contributed by atoms with Gasteiger partial charge in [0.2, 0.25) is 0 Å². The van der Waals surface area contributed by atoms with Crippen molar-refractivity contribution in [1.82, 2.24) is 0 Å². The second-order valence-corrected chi connectivity index (χ2v) is 11.3. The zero-order chi connectivity index (χ0) is 8.48. The van der Waals surface area contributed by atoms with E-state index in [0.717, 1.165) is 0 Å². The summed E-state index contributed by atoms with van der Waals surface area (Å²) in [5.41, 5.74) is 1.65. The quantitative estimate of drug-likeness (QED) is 0.476. The van der Waals surface area contributed by atoms with E-state index in [2.05, 4.69) is 31.8 Å². The molecule has 0 aromatic rings. The van der Waals surface area contributed by atoms with Gasteiger partial charge in [-0.05, 0) is 0 Å². The molecule has 0 aromatic carbocycles. The van der Waals surface area contributed by atoms with Crippen molar-refractivity contribution in [2.24, 2.45) is 0 Å². The molecule has 13 heavy (non-hydrogen) atoms. The van der Waals surface area contributed by atoms with Crippen LogP contribution >= 0.6 is 0 Å². The molecule has 0 radical (unpaired) electrons. The monoisotopic (exact) mass is 279 g/mol. The van der Waals surface area contributed by atoms with E-state index in [-0.39, 0.29) is 9.41 Å². The molecule has 0 saturated heterocycles. The molecule has 1 aliphatic rings. The van der Waals surface area contributed by atoms with Gasteiger partial charge in [-0.1, -0.05) is 0 Å². The molecule has 0 bridgehead atoms. The largest absolute Gasteiger partial charge is 1.00 e. The minimum absolute atomic E-state index is 0.